The predicted molar refractivity (Wildman–Crippen MR) is 102 cm³/mol. The van der Waals surface area contributed by atoms with Crippen LogP contribution in [0.2, 0.25) is 0 Å². The van der Waals surface area contributed by atoms with Gasteiger partial charge in [-0.2, -0.15) is 4.31 Å². The topological polar surface area (TPSA) is 70.6 Å². The van der Waals surface area contributed by atoms with E-state index in [2.05, 4.69) is 4.98 Å². The molecule has 0 aliphatic heterocycles. The Morgan fingerprint density at radius 3 is 2.31 bits per heavy atom. The fourth-order valence-corrected chi connectivity index (χ4v) is 3.71. The van der Waals surface area contributed by atoms with E-state index >= 15 is 0 Å². The number of pyridine rings is 1. The average molecular weight is 375 g/mol. The summed E-state index contributed by atoms with van der Waals surface area (Å²) < 4.78 is 25.7. The van der Waals surface area contributed by atoms with Crippen LogP contribution in [-0.2, 0) is 21.2 Å². The molecule has 1 atom stereocenters. The third kappa shape index (κ3) is 5.64. The first-order chi connectivity index (χ1) is 12.3. The largest absolute Gasteiger partial charge is 0.344 e. The number of carbonyl (C=O) groups excluding carboxylic acids is 1. The van der Waals surface area contributed by atoms with Crippen LogP contribution in [-0.4, -0.2) is 54.9 Å². The standard InChI is InChI=1S/C19H25N3O3S/c1-16(18-7-5-4-6-8-18)22(26(3,24)25)15-19(23)21(2)14-11-17-9-12-20-13-10-17/h4-10,12-13,16H,11,14-15H2,1-3H3. The van der Waals surface area contributed by atoms with Gasteiger partial charge in [-0.15, -0.1) is 0 Å². The van der Waals surface area contributed by atoms with Crippen LogP contribution < -0.4 is 0 Å². The molecule has 1 aromatic carbocycles. The number of hydrogen-bond acceptors (Lipinski definition) is 4. The molecule has 0 bridgehead atoms. The smallest absolute Gasteiger partial charge is 0.237 e. The molecule has 7 heteroatoms. The second-order valence-electron chi connectivity index (χ2n) is 6.32. The van der Waals surface area contributed by atoms with Gasteiger partial charge in [-0.05, 0) is 36.6 Å². The minimum absolute atomic E-state index is 0.179. The van der Waals surface area contributed by atoms with E-state index in [1.165, 1.54) is 4.31 Å². The van der Waals surface area contributed by atoms with Crippen molar-refractivity contribution in [3.63, 3.8) is 0 Å². The third-order valence-electron chi connectivity index (χ3n) is 4.34. The number of rotatable bonds is 8. The molecule has 0 aliphatic rings. The van der Waals surface area contributed by atoms with Gasteiger partial charge in [0.15, 0.2) is 0 Å². The molecule has 1 aromatic heterocycles. The van der Waals surface area contributed by atoms with Crippen molar-refractivity contribution in [1.29, 1.82) is 0 Å². The molecular formula is C19H25N3O3S. The van der Waals surface area contributed by atoms with E-state index in [1.807, 2.05) is 42.5 Å². The highest BCUT2D eigenvalue weighted by Gasteiger charge is 2.28. The Morgan fingerprint density at radius 2 is 1.73 bits per heavy atom. The number of nitrogens with zero attached hydrogens (tertiary/aromatic N) is 3. The lowest BCUT2D eigenvalue weighted by Crippen LogP contribution is -2.42. The van der Waals surface area contributed by atoms with E-state index in [-0.39, 0.29) is 12.5 Å². The molecule has 140 valence electrons. The second kappa shape index (κ2) is 8.91. The number of benzene rings is 1. The van der Waals surface area contributed by atoms with Gasteiger partial charge < -0.3 is 4.90 Å². The summed E-state index contributed by atoms with van der Waals surface area (Å²) in [7, 11) is -1.84. The molecule has 26 heavy (non-hydrogen) atoms. The van der Waals surface area contributed by atoms with Gasteiger partial charge >= 0.3 is 0 Å². The van der Waals surface area contributed by atoms with Gasteiger partial charge in [-0.25, -0.2) is 8.42 Å². The van der Waals surface area contributed by atoms with Crippen molar-refractivity contribution in [3.05, 3.63) is 66.0 Å². The van der Waals surface area contributed by atoms with Crippen molar-refractivity contribution in [1.82, 2.24) is 14.2 Å². The van der Waals surface area contributed by atoms with Crippen LogP contribution in [0, 0.1) is 0 Å². The number of carbonyl (C=O) groups is 1. The molecule has 0 aliphatic carbocycles. The highest BCUT2D eigenvalue weighted by molar-refractivity contribution is 7.88. The van der Waals surface area contributed by atoms with E-state index in [4.69, 9.17) is 0 Å². The van der Waals surface area contributed by atoms with Crippen LogP contribution in [0.3, 0.4) is 0 Å². The van der Waals surface area contributed by atoms with Crippen molar-refractivity contribution < 1.29 is 13.2 Å². The maximum absolute atomic E-state index is 12.6. The normalized spacial score (nSPS) is 12.8. The maximum Gasteiger partial charge on any atom is 0.237 e. The zero-order valence-electron chi connectivity index (χ0n) is 15.4. The first-order valence-corrected chi connectivity index (χ1v) is 10.3. The van der Waals surface area contributed by atoms with Crippen LogP contribution in [0.15, 0.2) is 54.9 Å². The average Bonchev–Trinajstić information content (AvgIpc) is 2.64. The summed E-state index contributed by atoms with van der Waals surface area (Å²) in [5.74, 6) is -0.229. The summed E-state index contributed by atoms with van der Waals surface area (Å²) >= 11 is 0. The van der Waals surface area contributed by atoms with Gasteiger partial charge in [0.25, 0.3) is 0 Å². The van der Waals surface area contributed by atoms with Crippen LogP contribution in [0.25, 0.3) is 0 Å². The van der Waals surface area contributed by atoms with Crippen molar-refractivity contribution in [2.24, 2.45) is 0 Å². The summed E-state index contributed by atoms with van der Waals surface area (Å²) in [5, 5.41) is 0. The molecule has 0 radical (unpaired) electrons. The van der Waals surface area contributed by atoms with Crippen molar-refractivity contribution >= 4 is 15.9 Å². The number of aromatic nitrogens is 1. The lowest BCUT2D eigenvalue weighted by atomic mass is 10.1. The number of hydrogen-bond donors (Lipinski definition) is 0. The Kier molecular flexibility index (Phi) is 6.88. The molecule has 6 nitrogen and oxygen atoms in total. The summed E-state index contributed by atoms with van der Waals surface area (Å²) in [6.45, 7) is 2.13. The highest BCUT2D eigenvalue weighted by atomic mass is 32.2. The van der Waals surface area contributed by atoms with Crippen LogP contribution in [0.5, 0.6) is 0 Å². The van der Waals surface area contributed by atoms with Gasteiger partial charge in [0, 0.05) is 32.0 Å². The van der Waals surface area contributed by atoms with Gasteiger partial charge in [0.05, 0.1) is 12.8 Å². The first-order valence-electron chi connectivity index (χ1n) is 8.43. The summed E-state index contributed by atoms with van der Waals surface area (Å²) in [4.78, 5) is 18.1. The third-order valence-corrected chi connectivity index (χ3v) is 5.64. The Balaban J connectivity index is 2.04. The lowest BCUT2D eigenvalue weighted by molar-refractivity contribution is -0.130. The van der Waals surface area contributed by atoms with Crippen LogP contribution >= 0.6 is 0 Å². The summed E-state index contributed by atoms with van der Waals surface area (Å²) in [5.41, 5.74) is 1.93. The van der Waals surface area contributed by atoms with E-state index in [0.29, 0.717) is 13.0 Å². The quantitative estimate of drug-likeness (QED) is 0.708. The first kappa shape index (κ1) is 20.1. The molecule has 1 unspecified atom stereocenters. The second-order valence-corrected chi connectivity index (χ2v) is 8.25. The molecule has 0 fully saturated rings. The lowest BCUT2D eigenvalue weighted by Gasteiger charge is -2.28. The number of sulfonamides is 1. The Morgan fingerprint density at radius 1 is 1.12 bits per heavy atom. The Hall–Kier alpha value is -2.25. The fraction of sp³-hybridized carbons (Fsp3) is 0.368. The molecule has 0 saturated carbocycles. The van der Waals surface area contributed by atoms with Crippen molar-refractivity contribution in [2.75, 3.05) is 26.4 Å². The van der Waals surface area contributed by atoms with E-state index in [9.17, 15) is 13.2 Å². The molecule has 1 amide bonds. The van der Waals surface area contributed by atoms with Gasteiger partial charge in [-0.3, -0.25) is 9.78 Å². The monoisotopic (exact) mass is 375 g/mol. The van der Waals surface area contributed by atoms with Gasteiger partial charge in [-0.1, -0.05) is 30.3 Å². The van der Waals surface area contributed by atoms with E-state index in [1.54, 1.807) is 31.3 Å². The van der Waals surface area contributed by atoms with Crippen LogP contribution in [0.4, 0.5) is 0 Å². The molecule has 1 heterocycles. The SMILES string of the molecule is CC(c1ccccc1)N(CC(=O)N(C)CCc1ccncc1)S(C)(=O)=O. The van der Waals surface area contributed by atoms with E-state index in [0.717, 1.165) is 17.4 Å². The Bertz CT molecular complexity index is 810. The molecular weight excluding hydrogens is 350 g/mol. The molecule has 0 saturated heterocycles. The van der Waals surface area contributed by atoms with Crippen molar-refractivity contribution in [3.8, 4) is 0 Å². The zero-order chi connectivity index (χ0) is 19.2. The predicted octanol–water partition coefficient (Wildman–Crippen LogP) is 2.11. The minimum Gasteiger partial charge on any atom is -0.344 e. The van der Waals surface area contributed by atoms with Gasteiger partial charge in [0.1, 0.15) is 0 Å². The molecule has 0 N–H and O–H groups in total. The number of likely N-dealkylation sites (N-methyl/N-ethyl adjacent to an activating group) is 1. The molecule has 2 rings (SSSR count). The van der Waals surface area contributed by atoms with Crippen molar-refractivity contribution in [2.45, 2.75) is 19.4 Å². The van der Waals surface area contributed by atoms with Crippen LogP contribution in [0.1, 0.15) is 24.1 Å². The van der Waals surface area contributed by atoms with Gasteiger partial charge in [0.2, 0.25) is 15.9 Å². The zero-order valence-corrected chi connectivity index (χ0v) is 16.2. The molecule has 0 spiro atoms. The Labute approximate surface area is 155 Å². The fourth-order valence-electron chi connectivity index (χ4n) is 2.66. The number of amides is 1. The molecule has 2 aromatic rings. The maximum atomic E-state index is 12.6. The highest BCUT2D eigenvalue weighted by Crippen LogP contribution is 2.22. The van der Waals surface area contributed by atoms with E-state index < -0.39 is 16.1 Å². The minimum atomic E-state index is -3.53. The summed E-state index contributed by atoms with van der Waals surface area (Å²) in [6.07, 6.45) is 5.25. The summed E-state index contributed by atoms with van der Waals surface area (Å²) in [6, 6.07) is 12.7.